The van der Waals surface area contributed by atoms with Crippen LogP contribution in [-0.2, 0) is 63.0 Å². The summed E-state index contributed by atoms with van der Waals surface area (Å²) in [6, 6.07) is 52.7. The smallest absolute Gasteiger partial charge is 0.305 e. The van der Waals surface area contributed by atoms with Crippen LogP contribution in [0.5, 0.6) is 40.2 Å². The molecule has 0 saturated heterocycles. The molecule has 0 radical (unpaired) electrons. The van der Waals surface area contributed by atoms with Gasteiger partial charge in [0.2, 0.25) is 5.91 Å². The molecule has 0 atom stereocenters. The van der Waals surface area contributed by atoms with Crippen LogP contribution in [0.25, 0.3) is 0 Å². The van der Waals surface area contributed by atoms with Crippen molar-refractivity contribution in [3.63, 3.8) is 0 Å². The van der Waals surface area contributed by atoms with Crippen molar-refractivity contribution in [2.24, 2.45) is 0 Å². The predicted octanol–water partition coefficient (Wildman–Crippen LogP) is 17.4. The standard InChI is InChI=1S/C21H25NO5S.C19H22N2O5S.C12H9NO3S.C9H17BrO2.C6H4ClFO2S.C6H7NO.2CH4/c1-2-26-21(23)15-5-3-4-10-16-22-17-11-6-7-12-18(17)27-19-13-8-9-14-20(19)28(22,24)25;22-19(20-23)13-3-1-2-8-14-21-15-9-4-5-10-16(15)26-17-11-6-7-12-18(17)27(21,24)25;14-17(15)12-8-4-3-7-11(12)16-10-6-2-1-5-9(10)13-17;1-2-12-9(11)7-5-3-4-6-8-10;7-11(9,10)6-4-2-1-3-5(6)8;7-5-3-1-2-4-6(5)8;;/h6-9,11-14H,2-5,10,15-16H2,1H3;4-7,9-12,23H,1-3,8,13-14H2,(H,20,22);1-8,13H;2-8H2,1H3;1-4H;1-4,8H,7H2;2*1H4. The third-order valence-electron chi connectivity index (χ3n) is 15.1. The lowest BCUT2D eigenvalue weighted by Crippen LogP contribution is -2.31. The number of nitrogens with one attached hydrogen (secondary N) is 2. The Bertz CT molecular complexity index is 4530. The number of ether oxygens (including phenoxy) is 5. The Labute approximate surface area is 629 Å². The van der Waals surface area contributed by atoms with E-state index in [4.69, 9.17) is 50.4 Å². The number of halogens is 3. The van der Waals surface area contributed by atoms with Crippen LogP contribution in [0.1, 0.15) is 125 Å². The maximum atomic E-state index is 13.3. The number of amides is 1. The molecule has 23 nitrogen and oxygen atoms in total. The number of anilines is 4. The van der Waals surface area contributed by atoms with Gasteiger partial charge in [0.05, 0.1) is 36.0 Å². The SMILES string of the molecule is C.C.CCOC(=O)CCCCCCBr.CCOC(=O)CCCCCCN1c2ccccc2Oc2ccccc2S1(=O)=O.Nc1ccccc1O.O=C(CCCCCCN1c2ccccc2Oc2ccccc2S1(=O)=O)NO.O=S(=O)(Cl)c1ccccc1F.O=S1(=O)Nc2ccccc2Oc2ccccc21. The minimum Gasteiger partial charge on any atom is -0.506 e. The van der Waals surface area contributed by atoms with Gasteiger partial charge in [-0.25, -0.2) is 43.5 Å². The first-order valence-electron chi connectivity index (χ1n) is 33.1. The predicted molar refractivity (Wildman–Crippen MR) is 410 cm³/mol. The van der Waals surface area contributed by atoms with Crippen molar-refractivity contribution in [3.8, 4) is 40.2 Å². The molecule has 570 valence electrons. The minimum atomic E-state index is -3.94. The zero-order valence-electron chi connectivity index (χ0n) is 56.8. The van der Waals surface area contributed by atoms with Gasteiger partial charge in [0.1, 0.15) is 48.4 Å². The molecular formula is C75H92BrClFN5O18S4. The summed E-state index contributed by atoms with van der Waals surface area (Å²) in [7, 11) is -10.1. The molecule has 0 saturated carbocycles. The van der Waals surface area contributed by atoms with Crippen molar-refractivity contribution in [1.82, 2.24) is 5.48 Å². The van der Waals surface area contributed by atoms with E-state index in [0.29, 0.717) is 116 Å². The van der Waals surface area contributed by atoms with Gasteiger partial charge in [0, 0.05) is 48.4 Å². The Kier molecular flexibility index (Phi) is 37.7. The number of carbonyl (C=O) groups is 3. The fourth-order valence-electron chi connectivity index (χ4n) is 10.1. The molecule has 0 fully saturated rings. The number of phenolic OH excluding ortho intramolecular Hbond substituents is 1. The average molecular weight is 1610 g/mol. The molecule has 0 aliphatic carbocycles. The number of phenols is 1. The highest BCUT2D eigenvalue weighted by Crippen LogP contribution is 2.44. The van der Waals surface area contributed by atoms with Crippen molar-refractivity contribution in [2.75, 3.05) is 50.7 Å². The number of unbranched alkanes of at least 4 members (excludes halogenated alkanes) is 9. The zero-order chi connectivity index (χ0) is 74.8. The molecule has 30 heteroatoms. The van der Waals surface area contributed by atoms with Gasteiger partial charge in [-0.3, -0.25) is 32.9 Å². The van der Waals surface area contributed by atoms with Gasteiger partial charge in [0.25, 0.3) is 39.1 Å². The molecule has 11 rings (SSSR count). The van der Waals surface area contributed by atoms with Gasteiger partial charge in [-0.05, 0) is 149 Å². The summed E-state index contributed by atoms with van der Waals surface area (Å²) in [4.78, 5) is 33.2. The van der Waals surface area contributed by atoms with Gasteiger partial charge < -0.3 is 34.5 Å². The van der Waals surface area contributed by atoms with E-state index in [1.54, 1.807) is 164 Å². The molecular weight excluding hydrogens is 1520 g/mol. The summed E-state index contributed by atoms with van der Waals surface area (Å²) in [6.45, 7) is 5.20. The largest absolute Gasteiger partial charge is 0.506 e. The van der Waals surface area contributed by atoms with Gasteiger partial charge in [-0.2, -0.15) is 0 Å². The van der Waals surface area contributed by atoms with Gasteiger partial charge >= 0.3 is 11.9 Å². The number of aromatic hydroxyl groups is 1. The number of esters is 2. The van der Waals surface area contributed by atoms with E-state index in [1.807, 2.05) is 19.1 Å². The number of benzene rings is 8. The van der Waals surface area contributed by atoms with Crippen LogP contribution < -0.4 is 38.8 Å². The molecule has 3 heterocycles. The second-order valence-electron chi connectivity index (χ2n) is 22.6. The van der Waals surface area contributed by atoms with Gasteiger partial charge in [-0.15, -0.1) is 0 Å². The molecule has 0 spiro atoms. The van der Waals surface area contributed by atoms with Crippen LogP contribution in [0.15, 0.2) is 214 Å². The number of nitrogens with zero attached hydrogens (tertiary/aromatic N) is 2. The quantitative estimate of drug-likeness (QED) is 0.00580. The maximum absolute atomic E-state index is 13.3. The summed E-state index contributed by atoms with van der Waals surface area (Å²) in [5.41, 5.74) is 8.81. The number of carbonyl (C=O) groups excluding carboxylic acids is 3. The van der Waals surface area contributed by atoms with E-state index in [-0.39, 0.29) is 53.6 Å². The third kappa shape index (κ3) is 27.5. The number of alkyl halides is 1. The number of para-hydroxylation sites is 11. The third-order valence-corrected chi connectivity index (χ3v) is 22.1. The molecule has 1 amide bonds. The van der Waals surface area contributed by atoms with E-state index in [0.717, 1.165) is 62.4 Å². The summed E-state index contributed by atoms with van der Waals surface area (Å²) >= 11 is 3.36. The molecule has 3 aliphatic heterocycles. The van der Waals surface area contributed by atoms with Crippen LogP contribution in [0.4, 0.5) is 27.1 Å². The van der Waals surface area contributed by atoms with Crippen LogP contribution in [0.3, 0.4) is 0 Å². The number of hydrogen-bond donors (Lipinski definition) is 5. The second-order valence-corrected chi connectivity index (χ2v) is 31.2. The van der Waals surface area contributed by atoms with E-state index in [1.165, 1.54) is 39.7 Å². The van der Waals surface area contributed by atoms with Gasteiger partial charge in [0.15, 0.2) is 17.2 Å². The Balaban J connectivity index is 0.000000280. The van der Waals surface area contributed by atoms with Crippen molar-refractivity contribution in [1.29, 1.82) is 0 Å². The summed E-state index contributed by atoms with van der Waals surface area (Å²) < 4.78 is 143. The lowest BCUT2D eigenvalue weighted by molar-refractivity contribution is -0.144. The van der Waals surface area contributed by atoms with Crippen LogP contribution in [0, 0.1) is 5.82 Å². The molecule has 105 heavy (non-hydrogen) atoms. The number of fused-ring (bicyclic) bond motifs is 6. The first-order chi connectivity index (χ1) is 49.4. The molecule has 0 aromatic heterocycles. The maximum Gasteiger partial charge on any atom is 0.305 e. The minimum absolute atomic E-state index is 0. The Morgan fingerprint density at radius 1 is 0.514 bits per heavy atom. The molecule has 8 aromatic carbocycles. The molecule has 8 aromatic rings. The first kappa shape index (κ1) is 88.4. The van der Waals surface area contributed by atoms with E-state index in [9.17, 15) is 52.4 Å². The molecule has 0 bridgehead atoms. The number of nitrogen functional groups attached to an aromatic ring is 1. The fourth-order valence-corrected chi connectivity index (χ4v) is 15.8. The number of sulfonamides is 3. The molecule has 3 aliphatic rings. The highest BCUT2D eigenvalue weighted by Gasteiger charge is 2.35. The number of nitrogens with two attached hydrogens (primary N) is 1. The van der Waals surface area contributed by atoms with Gasteiger partial charge in [-0.1, -0.05) is 166 Å². The molecule has 6 N–H and O–H groups in total. The van der Waals surface area contributed by atoms with Crippen molar-refractivity contribution >= 4 is 106 Å². The molecule has 0 unspecified atom stereocenters. The normalized spacial score (nSPS) is 13.1. The van der Waals surface area contributed by atoms with Crippen LogP contribution >= 0.6 is 26.6 Å². The summed E-state index contributed by atoms with van der Waals surface area (Å²) in [5.74, 6) is 1.20. The number of rotatable bonds is 23. The highest BCUT2D eigenvalue weighted by molar-refractivity contribution is 9.09. The van der Waals surface area contributed by atoms with Crippen molar-refractivity contribution < 1.29 is 86.4 Å². The van der Waals surface area contributed by atoms with Crippen LogP contribution in [-0.4, -0.2) is 93.5 Å². The zero-order valence-corrected chi connectivity index (χ0v) is 62.4. The van der Waals surface area contributed by atoms with Crippen LogP contribution in [0.2, 0.25) is 0 Å². The lowest BCUT2D eigenvalue weighted by atomic mass is 10.1. The fraction of sp³-hybridized carbons (Fsp3) is 0.320. The van der Waals surface area contributed by atoms with E-state index < -0.39 is 55.7 Å². The van der Waals surface area contributed by atoms with E-state index >= 15 is 0 Å². The highest BCUT2D eigenvalue weighted by atomic mass is 79.9. The summed E-state index contributed by atoms with van der Waals surface area (Å²) in [5, 5.41) is 18.3. The number of hydrogen-bond acceptors (Lipinski definition) is 19. The topological polar surface area (TPSA) is 331 Å². The monoisotopic (exact) mass is 1610 g/mol. The Hall–Kier alpha value is -8.97. The van der Waals surface area contributed by atoms with Crippen molar-refractivity contribution in [3.05, 3.63) is 200 Å². The lowest BCUT2D eigenvalue weighted by Gasteiger charge is -2.23. The number of hydroxylamine groups is 1. The Morgan fingerprint density at radius 3 is 1.31 bits per heavy atom. The average Bonchev–Trinajstić information content (AvgIpc) is 1.66. The van der Waals surface area contributed by atoms with Crippen molar-refractivity contribution in [2.45, 2.75) is 145 Å². The summed E-state index contributed by atoms with van der Waals surface area (Å²) in [6.07, 6.45) is 11.7. The van der Waals surface area contributed by atoms with E-state index in [2.05, 4.69) is 20.7 Å². The second kappa shape index (κ2) is 44.7. The Morgan fingerprint density at radius 2 is 0.886 bits per heavy atom. The first-order valence-corrected chi connectivity index (χ1v) is 40.9.